The second kappa shape index (κ2) is 6.11. The van der Waals surface area contributed by atoms with Crippen LogP contribution in [0.2, 0.25) is 0 Å². The quantitative estimate of drug-likeness (QED) is 0.824. The van der Waals surface area contributed by atoms with Crippen molar-refractivity contribution in [2.45, 2.75) is 46.3 Å². The third-order valence-electron chi connectivity index (χ3n) is 5.63. The maximum absolute atomic E-state index is 13.2. The van der Waals surface area contributed by atoms with Gasteiger partial charge in [0.25, 0.3) is 5.91 Å². The summed E-state index contributed by atoms with van der Waals surface area (Å²) >= 11 is 0. The van der Waals surface area contributed by atoms with Crippen LogP contribution in [0.25, 0.3) is 0 Å². The molecule has 1 fully saturated rings. The molecule has 4 rings (SSSR count). The first-order chi connectivity index (χ1) is 12.9. The van der Waals surface area contributed by atoms with E-state index in [2.05, 4.69) is 36.1 Å². The number of aliphatic imine (C=N–C) groups is 1. The van der Waals surface area contributed by atoms with Crippen molar-refractivity contribution in [2.75, 3.05) is 18.5 Å². The van der Waals surface area contributed by atoms with E-state index in [0.29, 0.717) is 6.54 Å². The number of carbonyl (C=O) groups excluding carboxylic acids is 2. The smallest absolute Gasteiger partial charge is 0.302 e. The Labute approximate surface area is 159 Å². The van der Waals surface area contributed by atoms with Gasteiger partial charge in [0.1, 0.15) is 0 Å². The Balaban J connectivity index is 1.77. The van der Waals surface area contributed by atoms with Crippen molar-refractivity contribution in [2.24, 2.45) is 4.99 Å². The summed E-state index contributed by atoms with van der Waals surface area (Å²) in [6, 6.07) is 7.47. The van der Waals surface area contributed by atoms with Gasteiger partial charge in [-0.25, -0.2) is 9.79 Å². The zero-order valence-corrected chi connectivity index (χ0v) is 16.4. The van der Waals surface area contributed by atoms with Gasteiger partial charge in [0.2, 0.25) is 5.96 Å². The number of hydrogen-bond acceptors (Lipinski definition) is 5. The molecule has 0 aliphatic carbocycles. The van der Waals surface area contributed by atoms with E-state index in [1.54, 1.807) is 11.9 Å². The SMILES string of the molecule is CCCN1C(=O)C2C(N=C3N(c4ccc(C)cc4)C(C)=C(C)N32)N(C)C1=O. The molecule has 3 heterocycles. The van der Waals surface area contributed by atoms with Crippen LogP contribution >= 0.6 is 0 Å². The fourth-order valence-electron chi connectivity index (χ4n) is 4.05. The van der Waals surface area contributed by atoms with E-state index in [9.17, 15) is 9.59 Å². The van der Waals surface area contributed by atoms with Crippen LogP contribution < -0.4 is 4.90 Å². The minimum Gasteiger partial charge on any atom is -0.302 e. The molecule has 3 aliphatic heterocycles. The number of allylic oxidation sites excluding steroid dienone is 2. The van der Waals surface area contributed by atoms with Crippen molar-refractivity contribution in [3.63, 3.8) is 0 Å². The molecule has 1 aromatic carbocycles. The molecule has 0 N–H and O–H groups in total. The molecule has 0 saturated carbocycles. The van der Waals surface area contributed by atoms with Crippen molar-refractivity contribution in [1.29, 1.82) is 0 Å². The molecule has 0 bridgehead atoms. The van der Waals surface area contributed by atoms with Crippen LogP contribution in [-0.2, 0) is 4.79 Å². The van der Waals surface area contributed by atoms with Gasteiger partial charge in [-0.05, 0) is 39.3 Å². The fourth-order valence-corrected chi connectivity index (χ4v) is 4.05. The van der Waals surface area contributed by atoms with Crippen LogP contribution in [0, 0.1) is 6.92 Å². The average Bonchev–Trinajstić information content (AvgIpc) is 3.14. The van der Waals surface area contributed by atoms with Crippen LogP contribution in [-0.4, -0.2) is 58.4 Å². The first kappa shape index (κ1) is 17.6. The average molecular weight is 367 g/mol. The number of imide groups is 1. The van der Waals surface area contributed by atoms with Gasteiger partial charge in [0, 0.05) is 30.7 Å². The third-order valence-corrected chi connectivity index (χ3v) is 5.63. The number of carbonyl (C=O) groups is 2. The van der Waals surface area contributed by atoms with Gasteiger partial charge in [-0.15, -0.1) is 0 Å². The normalized spacial score (nSPS) is 24.7. The predicted octanol–water partition coefficient (Wildman–Crippen LogP) is 2.74. The largest absolute Gasteiger partial charge is 0.328 e. The molecule has 7 nitrogen and oxygen atoms in total. The highest BCUT2D eigenvalue weighted by Crippen LogP contribution is 2.39. The van der Waals surface area contributed by atoms with E-state index in [0.717, 1.165) is 29.5 Å². The van der Waals surface area contributed by atoms with E-state index in [4.69, 9.17) is 4.99 Å². The van der Waals surface area contributed by atoms with Crippen molar-refractivity contribution in [3.8, 4) is 0 Å². The Morgan fingerprint density at radius 1 is 1.04 bits per heavy atom. The minimum absolute atomic E-state index is 0.165. The molecular weight excluding hydrogens is 342 g/mol. The molecule has 0 spiro atoms. The number of aryl methyl sites for hydroxylation is 1. The number of amides is 3. The number of nitrogens with zero attached hydrogens (tertiary/aromatic N) is 5. The number of fused-ring (bicyclic) bond motifs is 3. The molecule has 142 valence electrons. The highest BCUT2D eigenvalue weighted by atomic mass is 16.2. The van der Waals surface area contributed by atoms with Gasteiger partial charge in [-0.1, -0.05) is 24.6 Å². The summed E-state index contributed by atoms with van der Waals surface area (Å²) in [4.78, 5) is 37.6. The molecule has 0 aromatic heterocycles. The number of likely N-dealkylation sites (N-methyl/N-ethyl adjacent to an activating group) is 1. The first-order valence-electron chi connectivity index (χ1n) is 9.36. The number of anilines is 1. The van der Waals surface area contributed by atoms with E-state index < -0.39 is 12.2 Å². The molecule has 0 radical (unpaired) electrons. The topological polar surface area (TPSA) is 59.5 Å². The van der Waals surface area contributed by atoms with Crippen molar-refractivity contribution >= 4 is 23.6 Å². The highest BCUT2D eigenvalue weighted by Gasteiger charge is 2.55. The lowest BCUT2D eigenvalue weighted by Gasteiger charge is -2.40. The number of rotatable bonds is 3. The zero-order chi connectivity index (χ0) is 19.5. The highest BCUT2D eigenvalue weighted by molar-refractivity contribution is 6.10. The summed E-state index contributed by atoms with van der Waals surface area (Å²) in [6.07, 6.45) is 0.240. The molecule has 2 unspecified atom stereocenters. The summed E-state index contributed by atoms with van der Waals surface area (Å²) < 4.78 is 0. The van der Waals surface area contributed by atoms with E-state index in [1.165, 1.54) is 10.5 Å². The molecule has 1 saturated heterocycles. The van der Waals surface area contributed by atoms with Crippen molar-refractivity contribution < 1.29 is 9.59 Å². The number of urea groups is 1. The Morgan fingerprint density at radius 2 is 1.70 bits per heavy atom. The van der Waals surface area contributed by atoms with Crippen LogP contribution in [0.4, 0.5) is 10.5 Å². The molecule has 27 heavy (non-hydrogen) atoms. The van der Waals surface area contributed by atoms with Gasteiger partial charge in [0.05, 0.1) is 0 Å². The summed E-state index contributed by atoms with van der Waals surface area (Å²) in [5.41, 5.74) is 4.23. The second-order valence-corrected chi connectivity index (χ2v) is 7.38. The third kappa shape index (κ3) is 2.37. The zero-order valence-electron chi connectivity index (χ0n) is 16.4. The summed E-state index contributed by atoms with van der Waals surface area (Å²) in [5.74, 6) is 0.553. The Kier molecular flexibility index (Phi) is 3.98. The monoisotopic (exact) mass is 367 g/mol. The van der Waals surface area contributed by atoms with Gasteiger partial charge in [-0.2, -0.15) is 0 Å². The maximum Gasteiger partial charge on any atom is 0.328 e. The van der Waals surface area contributed by atoms with Gasteiger partial charge in [0.15, 0.2) is 12.2 Å². The summed E-state index contributed by atoms with van der Waals surface area (Å²) in [6.45, 7) is 8.49. The molecule has 3 amide bonds. The Morgan fingerprint density at radius 3 is 2.33 bits per heavy atom. The van der Waals surface area contributed by atoms with Crippen LogP contribution in [0.5, 0.6) is 0 Å². The van der Waals surface area contributed by atoms with Gasteiger partial charge >= 0.3 is 6.03 Å². The van der Waals surface area contributed by atoms with E-state index in [-0.39, 0.29) is 11.9 Å². The van der Waals surface area contributed by atoms with Crippen molar-refractivity contribution in [3.05, 3.63) is 41.2 Å². The lowest BCUT2D eigenvalue weighted by molar-refractivity contribution is -0.136. The lowest BCUT2D eigenvalue weighted by atomic mass is 10.1. The maximum atomic E-state index is 13.2. The van der Waals surface area contributed by atoms with Gasteiger partial charge in [-0.3, -0.25) is 19.5 Å². The standard InChI is InChI=1S/C20H25N5O2/c1-6-11-23-18(26)16-17(22(5)20(23)27)21-19-24(13(3)14(4)25(16)19)15-9-7-12(2)8-10-15/h7-10,16-17H,6,11H2,1-5H3. The molecule has 1 aromatic rings. The minimum atomic E-state index is -0.500. The second-order valence-electron chi connectivity index (χ2n) is 7.38. The van der Waals surface area contributed by atoms with E-state index in [1.807, 2.05) is 25.7 Å². The molecule has 2 atom stereocenters. The molecule has 7 heteroatoms. The van der Waals surface area contributed by atoms with Gasteiger partial charge < -0.3 is 4.90 Å². The number of guanidine groups is 1. The van der Waals surface area contributed by atoms with Crippen LogP contribution in [0.15, 0.2) is 40.7 Å². The van der Waals surface area contributed by atoms with Crippen molar-refractivity contribution in [1.82, 2.24) is 14.7 Å². The van der Waals surface area contributed by atoms with Crippen LogP contribution in [0.3, 0.4) is 0 Å². The Bertz CT molecular complexity index is 873. The summed E-state index contributed by atoms with van der Waals surface area (Å²) in [7, 11) is 1.73. The predicted molar refractivity (Wildman–Crippen MR) is 104 cm³/mol. The van der Waals surface area contributed by atoms with Crippen LogP contribution in [0.1, 0.15) is 32.8 Å². The Hall–Kier alpha value is -2.83. The number of hydrogen-bond donors (Lipinski definition) is 0. The lowest BCUT2D eigenvalue weighted by Crippen LogP contribution is -2.64. The first-order valence-corrected chi connectivity index (χ1v) is 9.36. The molecule has 3 aliphatic rings. The van der Waals surface area contributed by atoms with E-state index >= 15 is 0 Å². The summed E-state index contributed by atoms with van der Waals surface area (Å²) in [5, 5.41) is 0. The fraction of sp³-hybridized carbons (Fsp3) is 0.450. The molecular formula is C20H25N5O2. The number of benzene rings is 1.